The van der Waals surface area contributed by atoms with Crippen LogP contribution >= 0.6 is 53.4 Å². The molecule has 10 nitrogen and oxygen atoms in total. The number of nitrogens with one attached hydrogen (secondary N) is 3. The smallest absolute Gasteiger partial charge is 0.228 e. The number of aromatic amines is 1. The lowest BCUT2D eigenvalue weighted by molar-refractivity contribution is -0.111. The van der Waals surface area contributed by atoms with Gasteiger partial charge in [0.2, 0.25) is 5.43 Å². The van der Waals surface area contributed by atoms with Gasteiger partial charge in [0.15, 0.2) is 17.3 Å². The molecule has 0 bridgehead atoms. The van der Waals surface area contributed by atoms with Crippen LogP contribution in [0.2, 0.25) is 0 Å². The van der Waals surface area contributed by atoms with Gasteiger partial charge in [-0.05, 0) is 98.8 Å². The number of allylic oxidation sites excluding steroid dienone is 10. The number of halogens is 2. The van der Waals surface area contributed by atoms with Crippen molar-refractivity contribution in [1.29, 1.82) is 0 Å². The first-order chi connectivity index (χ1) is 24.2. The van der Waals surface area contributed by atoms with Gasteiger partial charge in [0.1, 0.15) is 11.2 Å². The van der Waals surface area contributed by atoms with Crippen molar-refractivity contribution in [2.75, 3.05) is 17.2 Å². The van der Waals surface area contributed by atoms with Gasteiger partial charge in [0.05, 0.1) is 42.0 Å². The molecule has 0 saturated carbocycles. The molecule has 2 aromatic heterocycles. The number of hydrogen-bond donors (Lipinski definition) is 4. The Morgan fingerprint density at radius 3 is 2.30 bits per heavy atom. The minimum atomic E-state index is -1.04. The lowest BCUT2D eigenvalue weighted by Crippen LogP contribution is -2.43. The summed E-state index contributed by atoms with van der Waals surface area (Å²) in [5.74, 6) is -0.420. The van der Waals surface area contributed by atoms with Crippen LogP contribution in [-0.2, 0) is 20.4 Å². The number of pyridine rings is 1. The standard InChI is InChI=1S/C36H20Br2N6O4S2/c37-17-11-35(3-7-41-31-25(35)27-23-15(1-5-39-27)13-43-29(23)33(31)47)21(9-19(17)45)49-50-22-10-20(46)18(38)12-36(22)4-8-42-32-26(36)28-24-16(2-6-40-28)14-44-30(24)34(32)48/h1,3-5,7-14,39,41-42,48H,2,6H2/t35-,36-/m0/s1. The first-order valence-electron chi connectivity index (χ1n) is 15.5. The van der Waals surface area contributed by atoms with Crippen LogP contribution in [0, 0.1) is 0 Å². The number of carbonyl (C=O) groups is 2. The minimum absolute atomic E-state index is 0.0202. The Morgan fingerprint density at radius 2 is 1.58 bits per heavy atom. The predicted molar refractivity (Wildman–Crippen MR) is 205 cm³/mol. The summed E-state index contributed by atoms with van der Waals surface area (Å²) in [6, 6.07) is 1.88. The Labute approximate surface area is 306 Å². The number of aromatic hydroxyl groups is 1. The second-order valence-corrected chi connectivity index (χ2v) is 16.5. The second kappa shape index (κ2) is 10.5. The molecule has 0 radical (unpaired) electrons. The normalized spacial score (nSPS) is 24.1. The zero-order valence-corrected chi connectivity index (χ0v) is 30.2. The van der Waals surface area contributed by atoms with Crippen molar-refractivity contribution in [3.8, 4) is 5.75 Å². The quantitative estimate of drug-likeness (QED) is 0.144. The zero-order chi connectivity index (χ0) is 34.1. The highest BCUT2D eigenvalue weighted by Gasteiger charge is 2.47. The first kappa shape index (κ1) is 30.3. The summed E-state index contributed by atoms with van der Waals surface area (Å²) in [5.41, 5.74) is 2.55. The van der Waals surface area contributed by atoms with Crippen molar-refractivity contribution in [3.05, 3.63) is 118 Å². The highest BCUT2D eigenvalue weighted by Crippen LogP contribution is 2.59. The Hall–Kier alpha value is -4.50. The predicted octanol–water partition coefficient (Wildman–Crippen LogP) is 6.04. The van der Waals surface area contributed by atoms with Crippen LogP contribution in [0.5, 0.6) is 5.75 Å². The van der Waals surface area contributed by atoms with E-state index in [2.05, 4.69) is 57.5 Å². The summed E-state index contributed by atoms with van der Waals surface area (Å²) >= 11 is 7.00. The summed E-state index contributed by atoms with van der Waals surface area (Å²) in [5, 5.41) is 21.0. The molecule has 4 aliphatic heterocycles. The van der Waals surface area contributed by atoms with E-state index < -0.39 is 10.8 Å². The maximum absolute atomic E-state index is 13.9. The molecule has 50 heavy (non-hydrogen) atoms. The SMILES string of the molecule is O=C1C=C(SSC2=CC(=O)C(Br)=C[C@@]23C=CNc2c3c3[nH]ccc4cnc(c2=O)c43)[C@]2(C=CNc3c(O)c4c5c(c32)=NCCC=5C=N4)C=C1Br. The van der Waals surface area contributed by atoms with Crippen molar-refractivity contribution in [1.82, 2.24) is 9.97 Å². The van der Waals surface area contributed by atoms with Crippen LogP contribution in [-0.4, -0.2) is 39.4 Å². The number of anilines is 2. The third-order valence-electron chi connectivity index (χ3n) is 10.00. The van der Waals surface area contributed by atoms with E-state index in [-0.39, 0.29) is 22.7 Å². The van der Waals surface area contributed by atoms with Gasteiger partial charge in [-0.1, -0.05) is 21.6 Å². The Bertz CT molecular complexity index is 2780. The molecule has 2 aromatic carbocycles. The minimum Gasteiger partial charge on any atom is -0.504 e. The topological polar surface area (TPSA) is 149 Å². The van der Waals surface area contributed by atoms with Crippen molar-refractivity contribution in [3.63, 3.8) is 0 Å². The second-order valence-electron chi connectivity index (χ2n) is 12.5. The van der Waals surface area contributed by atoms with E-state index >= 15 is 0 Å². The largest absolute Gasteiger partial charge is 0.504 e. The molecule has 6 aliphatic rings. The third kappa shape index (κ3) is 3.87. The van der Waals surface area contributed by atoms with Crippen LogP contribution in [0.3, 0.4) is 0 Å². The van der Waals surface area contributed by atoms with Gasteiger partial charge in [-0.25, -0.2) is 0 Å². The lowest BCUT2D eigenvalue weighted by atomic mass is 9.73. The average molecular weight is 825 g/mol. The molecule has 14 heteroatoms. The molecule has 10 rings (SSSR count). The lowest BCUT2D eigenvalue weighted by Gasteiger charge is -2.39. The number of fused-ring (bicyclic) bond motifs is 6. The summed E-state index contributed by atoms with van der Waals surface area (Å²) in [6.07, 6.45) is 20.3. The van der Waals surface area contributed by atoms with Crippen molar-refractivity contribution >= 4 is 116 Å². The number of aromatic nitrogens is 2. The molecular weight excluding hydrogens is 804 g/mol. The van der Waals surface area contributed by atoms with Gasteiger partial charge >= 0.3 is 0 Å². The van der Waals surface area contributed by atoms with E-state index in [1.54, 1.807) is 37.0 Å². The highest BCUT2D eigenvalue weighted by molar-refractivity contribution is 9.12. The van der Waals surface area contributed by atoms with E-state index in [0.29, 0.717) is 59.9 Å². The number of benzene rings is 2. The zero-order valence-electron chi connectivity index (χ0n) is 25.4. The molecule has 4 aromatic rings. The van der Waals surface area contributed by atoms with E-state index in [4.69, 9.17) is 4.99 Å². The molecule has 6 heterocycles. The Balaban J connectivity index is 1.15. The van der Waals surface area contributed by atoms with Crippen LogP contribution in [0.4, 0.5) is 17.1 Å². The van der Waals surface area contributed by atoms with Gasteiger partial charge < -0.3 is 20.7 Å². The maximum Gasteiger partial charge on any atom is 0.228 e. The highest BCUT2D eigenvalue weighted by atomic mass is 79.9. The van der Waals surface area contributed by atoms with Crippen molar-refractivity contribution in [2.45, 2.75) is 17.3 Å². The number of carbonyl (C=O) groups excluding carboxylic acids is 2. The fourth-order valence-electron chi connectivity index (χ4n) is 7.79. The number of aliphatic imine (C=N–C) groups is 1. The van der Waals surface area contributed by atoms with Crippen LogP contribution in [0.25, 0.3) is 27.4 Å². The molecule has 0 fully saturated rings. The van der Waals surface area contributed by atoms with E-state index in [1.807, 2.05) is 36.6 Å². The molecule has 2 aliphatic carbocycles. The fourth-order valence-corrected chi connectivity index (χ4v) is 11.6. The molecule has 0 saturated heterocycles. The number of phenolic OH excluding ortho intramolecular Hbond substituents is 1. The van der Waals surface area contributed by atoms with Gasteiger partial charge in [-0.3, -0.25) is 29.4 Å². The van der Waals surface area contributed by atoms with Crippen molar-refractivity contribution in [2.24, 2.45) is 9.98 Å². The molecule has 4 N–H and O–H groups in total. The molecule has 0 unspecified atom stereocenters. The van der Waals surface area contributed by atoms with E-state index in [1.165, 1.54) is 21.6 Å². The number of rotatable bonds is 3. The van der Waals surface area contributed by atoms with Crippen molar-refractivity contribution < 1.29 is 14.7 Å². The summed E-state index contributed by atoms with van der Waals surface area (Å²) in [4.78, 5) is 59.2. The monoisotopic (exact) mass is 822 g/mol. The van der Waals surface area contributed by atoms with Gasteiger partial charge in [0.25, 0.3) is 0 Å². The fraction of sp³-hybridized carbons (Fsp3) is 0.111. The van der Waals surface area contributed by atoms with Gasteiger partial charge in [-0.15, -0.1) is 0 Å². The number of nitrogens with zero attached hydrogens (tertiary/aromatic N) is 3. The first-order valence-corrected chi connectivity index (χ1v) is 19.3. The molecule has 244 valence electrons. The number of hydrogen-bond acceptors (Lipinski definition) is 11. The summed E-state index contributed by atoms with van der Waals surface area (Å²) < 4.78 is 0.740. The maximum atomic E-state index is 13.9. The molecule has 2 atom stereocenters. The van der Waals surface area contributed by atoms with E-state index in [9.17, 15) is 19.5 Å². The van der Waals surface area contributed by atoms with Crippen LogP contribution in [0.15, 0.2) is 101 Å². The number of H-pyrrole nitrogens is 1. The molecule has 0 amide bonds. The Kier molecular flexibility index (Phi) is 6.38. The van der Waals surface area contributed by atoms with Gasteiger partial charge in [-0.2, -0.15) is 0 Å². The number of phenols is 1. The van der Waals surface area contributed by atoms with Crippen LogP contribution in [0.1, 0.15) is 17.5 Å². The summed E-state index contributed by atoms with van der Waals surface area (Å²) in [7, 11) is 2.69. The number of ketones is 2. The van der Waals surface area contributed by atoms with Gasteiger partial charge in [0, 0.05) is 62.1 Å². The average Bonchev–Trinajstić information content (AvgIpc) is 3.76. The van der Waals surface area contributed by atoms with Crippen LogP contribution < -0.4 is 26.6 Å². The third-order valence-corrected chi connectivity index (χ3v) is 13.9. The summed E-state index contributed by atoms with van der Waals surface area (Å²) in [6.45, 7) is 0.565. The molecular formula is C36H20Br2N6O4S2. The Morgan fingerprint density at radius 1 is 0.900 bits per heavy atom. The molecule has 2 spiro atoms. The van der Waals surface area contributed by atoms with E-state index in [0.717, 1.165) is 38.0 Å².